The number of aromatic nitrogens is 2. The molecule has 5 rings (SSSR count). The number of carbonyl (C=O) groups is 2. The van der Waals surface area contributed by atoms with Crippen LogP contribution in [0.4, 0.5) is 9.18 Å². The normalized spacial score (nSPS) is 17.9. The number of halogens is 2. The molecule has 2 amide bonds. The molecular weight excluding hydrogens is 513 g/mol. The van der Waals surface area contributed by atoms with E-state index in [4.69, 9.17) is 21.1 Å². The Balaban J connectivity index is 1.64. The fourth-order valence-corrected chi connectivity index (χ4v) is 6.35. The lowest BCUT2D eigenvalue weighted by atomic mass is 9.86. The lowest BCUT2D eigenvalue weighted by Crippen LogP contribution is -2.49. The van der Waals surface area contributed by atoms with Crippen molar-refractivity contribution in [1.82, 2.24) is 14.5 Å². The highest BCUT2D eigenvalue weighted by atomic mass is 35.5. The summed E-state index contributed by atoms with van der Waals surface area (Å²) in [6.07, 6.45) is 3.71. The zero-order valence-electron chi connectivity index (χ0n) is 22.5. The van der Waals surface area contributed by atoms with Gasteiger partial charge < -0.3 is 14.0 Å². The summed E-state index contributed by atoms with van der Waals surface area (Å²) in [5.41, 5.74) is 2.77. The molecule has 10 heteroatoms. The minimum atomic E-state index is -1.31. The van der Waals surface area contributed by atoms with Gasteiger partial charge in [0, 0.05) is 44.1 Å². The molecule has 1 aliphatic heterocycles. The fourth-order valence-electron chi connectivity index (χ4n) is 5.45. The molecule has 7 nitrogen and oxygen atoms in total. The quantitative estimate of drug-likeness (QED) is 0.254. The van der Waals surface area contributed by atoms with Gasteiger partial charge >= 0.3 is 6.09 Å². The second-order valence-electron chi connectivity index (χ2n) is 12.7. The number of nitrogens with zero attached hydrogens (tertiary/aromatic N) is 3. The van der Waals surface area contributed by atoms with Crippen LogP contribution < -0.4 is 0 Å². The second kappa shape index (κ2) is 8.92. The van der Waals surface area contributed by atoms with Crippen LogP contribution in [-0.4, -0.2) is 53.3 Å². The van der Waals surface area contributed by atoms with Crippen molar-refractivity contribution < 1.29 is 23.5 Å². The summed E-state index contributed by atoms with van der Waals surface area (Å²) in [4.78, 5) is 32.3. The summed E-state index contributed by atoms with van der Waals surface area (Å²) in [7, 11) is -1.31. The second-order valence-corrected chi connectivity index (χ2v) is 18.7. The lowest BCUT2D eigenvalue weighted by Gasteiger charge is -2.34. The van der Waals surface area contributed by atoms with Crippen LogP contribution in [0.3, 0.4) is 0 Å². The van der Waals surface area contributed by atoms with Crippen LogP contribution >= 0.6 is 11.6 Å². The number of hydrogen-bond donors (Lipinski definition) is 0. The minimum Gasteiger partial charge on any atom is -0.443 e. The van der Waals surface area contributed by atoms with Gasteiger partial charge in [-0.3, -0.25) is 4.79 Å². The Labute approximate surface area is 223 Å². The van der Waals surface area contributed by atoms with Gasteiger partial charge in [0.2, 0.25) is 0 Å². The molecule has 2 aliphatic carbocycles. The Morgan fingerprint density at radius 3 is 2.54 bits per heavy atom. The predicted molar refractivity (Wildman–Crippen MR) is 142 cm³/mol. The lowest BCUT2D eigenvalue weighted by molar-refractivity contribution is 0.0204. The Morgan fingerprint density at radius 1 is 1.22 bits per heavy atom. The van der Waals surface area contributed by atoms with Gasteiger partial charge in [-0.2, -0.15) is 0 Å². The van der Waals surface area contributed by atoms with Crippen molar-refractivity contribution in [3.63, 3.8) is 0 Å². The number of rotatable bonds is 5. The highest BCUT2D eigenvalue weighted by Crippen LogP contribution is 2.56. The van der Waals surface area contributed by atoms with Crippen LogP contribution in [0.2, 0.25) is 30.8 Å². The van der Waals surface area contributed by atoms with E-state index in [9.17, 15) is 9.59 Å². The van der Waals surface area contributed by atoms with Crippen LogP contribution in [0.25, 0.3) is 11.3 Å². The number of ether oxygens (including phenoxy) is 2. The number of pyridine rings is 1. The summed E-state index contributed by atoms with van der Waals surface area (Å²) in [6, 6.07) is 0.996. The molecule has 3 heterocycles. The van der Waals surface area contributed by atoms with Gasteiger partial charge in [-0.15, -0.1) is 0 Å². The molecule has 37 heavy (non-hydrogen) atoms. The molecule has 1 fully saturated rings. The number of carbonyl (C=O) groups excluding carboxylic acids is 2. The molecule has 0 N–H and O–H groups in total. The summed E-state index contributed by atoms with van der Waals surface area (Å²) in [6.45, 7) is 13.3. The third-order valence-corrected chi connectivity index (χ3v) is 9.37. The van der Waals surface area contributed by atoms with E-state index in [1.807, 2.05) is 4.57 Å². The molecule has 0 unspecified atom stereocenters. The smallest absolute Gasteiger partial charge is 0.417 e. The summed E-state index contributed by atoms with van der Waals surface area (Å²) in [5, 5.41) is -0.195. The first-order valence-corrected chi connectivity index (χ1v) is 17.0. The van der Waals surface area contributed by atoms with Gasteiger partial charge in [0.1, 0.15) is 12.3 Å². The van der Waals surface area contributed by atoms with E-state index < -0.39 is 25.6 Å². The summed E-state index contributed by atoms with van der Waals surface area (Å²) < 4.78 is 29.3. The standard InChI is InChI=1S/C27H35ClFN3O4Si/c1-26(2,3)36-25(34)31-14-27(9-10-27)22-19(24(31)33)17-8-7-16-13-30-23(28)20(29)18(16)21(17)32(22)15-35-11-12-37(4,5)6/h13H,7-12,14-15H2,1-6H3. The molecule has 200 valence electrons. The molecule has 0 saturated heterocycles. The molecule has 0 radical (unpaired) electrons. The van der Waals surface area contributed by atoms with E-state index in [1.54, 1.807) is 27.0 Å². The molecular formula is C27H35ClFN3O4Si. The van der Waals surface area contributed by atoms with Crippen molar-refractivity contribution in [1.29, 1.82) is 0 Å². The molecule has 0 bridgehead atoms. The average Bonchev–Trinajstić information content (AvgIpc) is 3.47. The SMILES string of the molecule is CC(C)(C)OC(=O)N1CC2(CC2)c2c(c3c(n2COCC[Si](C)(C)C)-c2c(cnc(Cl)c2F)CC3)C1=O. The first-order chi connectivity index (χ1) is 17.2. The number of imide groups is 1. The molecule has 0 aromatic carbocycles. The molecule has 2 aromatic heterocycles. The van der Waals surface area contributed by atoms with Gasteiger partial charge in [-0.25, -0.2) is 19.1 Å². The number of fused-ring (bicyclic) bond motifs is 6. The van der Waals surface area contributed by atoms with Gasteiger partial charge in [-0.1, -0.05) is 31.2 Å². The van der Waals surface area contributed by atoms with Crippen molar-refractivity contribution >= 4 is 31.7 Å². The van der Waals surface area contributed by atoms with Gasteiger partial charge in [-0.05, 0) is 63.6 Å². The maximum atomic E-state index is 15.5. The van der Waals surface area contributed by atoms with Crippen LogP contribution in [0, 0.1) is 5.82 Å². The summed E-state index contributed by atoms with van der Waals surface area (Å²) in [5.74, 6) is -0.970. The average molecular weight is 548 g/mol. The van der Waals surface area contributed by atoms with Crippen LogP contribution in [0.1, 0.15) is 60.8 Å². The Morgan fingerprint density at radius 2 is 1.92 bits per heavy atom. The highest BCUT2D eigenvalue weighted by molar-refractivity contribution is 6.76. The predicted octanol–water partition coefficient (Wildman–Crippen LogP) is 6.18. The van der Waals surface area contributed by atoms with E-state index in [2.05, 4.69) is 24.6 Å². The first-order valence-electron chi connectivity index (χ1n) is 12.9. The zero-order chi connectivity index (χ0) is 26.9. The van der Waals surface area contributed by atoms with E-state index in [1.165, 1.54) is 4.90 Å². The van der Waals surface area contributed by atoms with Crippen LogP contribution in [0.5, 0.6) is 0 Å². The van der Waals surface area contributed by atoms with Gasteiger partial charge in [0.05, 0.1) is 11.3 Å². The Kier molecular flexibility index (Phi) is 6.36. The van der Waals surface area contributed by atoms with Crippen molar-refractivity contribution in [3.05, 3.63) is 39.6 Å². The van der Waals surface area contributed by atoms with Crippen molar-refractivity contribution in [2.24, 2.45) is 0 Å². The molecule has 1 saturated carbocycles. The first kappa shape index (κ1) is 26.4. The maximum absolute atomic E-state index is 15.5. The number of amides is 2. The van der Waals surface area contributed by atoms with E-state index >= 15 is 4.39 Å². The molecule has 1 spiro atoms. The van der Waals surface area contributed by atoms with Crippen molar-refractivity contribution in [2.75, 3.05) is 13.2 Å². The minimum absolute atomic E-state index is 0.195. The molecule has 3 aliphatic rings. The monoisotopic (exact) mass is 547 g/mol. The van der Waals surface area contributed by atoms with Crippen LogP contribution in [0.15, 0.2) is 6.20 Å². The third-order valence-electron chi connectivity index (χ3n) is 7.41. The zero-order valence-corrected chi connectivity index (χ0v) is 24.2. The Bertz CT molecular complexity index is 1290. The fraction of sp³-hybridized carbons (Fsp3) is 0.593. The molecule has 2 aromatic rings. The Hall–Kier alpha value is -2.23. The van der Waals surface area contributed by atoms with E-state index in [0.29, 0.717) is 36.3 Å². The topological polar surface area (TPSA) is 73.7 Å². The van der Waals surface area contributed by atoms with Crippen molar-refractivity contribution in [3.8, 4) is 11.3 Å². The third kappa shape index (κ3) is 4.74. The van der Waals surface area contributed by atoms with E-state index in [0.717, 1.165) is 35.7 Å². The highest BCUT2D eigenvalue weighted by Gasteiger charge is 2.57. The van der Waals surface area contributed by atoms with Gasteiger partial charge in [0.25, 0.3) is 5.91 Å². The summed E-state index contributed by atoms with van der Waals surface area (Å²) >= 11 is 6.13. The number of aryl methyl sites for hydroxylation is 1. The van der Waals surface area contributed by atoms with Gasteiger partial charge in [0.15, 0.2) is 11.0 Å². The largest absolute Gasteiger partial charge is 0.443 e. The van der Waals surface area contributed by atoms with E-state index in [-0.39, 0.29) is 29.8 Å². The number of hydrogen-bond acceptors (Lipinski definition) is 5. The van der Waals surface area contributed by atoms with Crippen molar-refractivity contribution in [2.45, 2.75) is 89.9 Å². The van der Waals surface area contributed by atoms with Crippen LogP contribution in [-0.2, 0) is 34.5 Å². The molecule has 0 atom stereocenters. The maximum Gasteiger partial charge on any atom is 0.417 e.